The van der Waals surface area contributed by atoms with Crippen molar-refractivity contribution in [2.75, 3.05) is 0 Å². The summed E-state index contributed by atoms with van der Waals surface area (Å²) >= 11 is 0. The van der Waals surface area contributed by atoms with Crippen molar-refractivity contribution in [2.24, 2.45) is 5.14 Å². The fraction of sp³-hybridized carbons (Fsp3) is 0.227. The maximum atomic E-state index is 12.9. The number of hydrogen-bond acceptors (Lipinski definition) is 3. The van der Waals surface area contributed by atoms with Gasteiger partial charge in [-0.1, -0.05) is 30.3 Å². The van der Waals surface area contributed by atoms with Crippen LogP contribution in [0.5, 0.6) is 0 Å². The van der Waals surface area contributed by atoms with Gasteiger partial charge in [0.2, 0.25) is 10.0 Å². The molecule has 0 aliphatic rings. The Labute approximate surface area is 171 Å². The number of carbonyl (C=O) groups is 1. The molecule has 0 fully saturated rings. The van der Waals surface area contributed by atoms with E-state index >= 15 is 0 Å². The number of aromatic nitrogens is 1. The first-order valence-corrected chi connectivity index (χ1v) is 10.8. The van der Waals surface area contributed by atoms with Crippen molar-refractivity contribution in [2.45, 2.75) is 38.6 Å². The molecule has 0 bridgehead atoms. The highest BCUT2D eigenvalue weighted by molar-refractivity contribution is 7.89. The maximum absolute atomic E-state index is 12.9. The summed E-state index contributed by atoms with van der Waals surface area (Å²) < 4.78 is 24.9. The molecule has 0 aliphatic heterocycles. The summed E-state index contributed by atoms with van der Waals surface area (Å²) in [6, 6.07) is 15.8. The summed E-state index contributed by atoms with van der Waals surface area (Å²) in [5.41, 5.74) is 5.42. The number of amides is 1. The number of aryl methyl sites for hydroxylation is 2. The average molecular weight is 412 g/mol. The van der Waals surface area contributed by atoms with E-state index in [1.165, 1.54) is 12.1 Å². The third kappa shape index (κ3) is 4.26. The first kappa shape index (κ1) is 20.8. The van der Waals surface area contributed by atoms with Crippen LogP contribution in [-0.2, 0) is 10.0 Å². The lowest BCUT2D eigenvalue weighted by atomic mass is 10.1. The summed E-state index contributed by atoms with van der Waals surface area (Å²) in [7, 11) is -3.74. The average Bonchev–Trinajstić information content (AvgIpc) is 2.96. The molecule has 0 spiro atoms. The van der Waals surface area contributed by atoms with Crippen LogP contribution in [0.2, 0.25) is 0 Å². The minimum Gasteiger partial charge on any atom is -0.345 e. The number of para-hydroxylation sites is 1. The Bertz CT molecular complexity index is 1160. The lowest BCUT2D eigenvalue weighted by Gasteiger charge is -2.16. The van der Waals surface area contributed by atoms with Gasteiger partial charge < -0.3 is 9.88 Å². The Kier molecular flexibility index (Phi) is 5.64. The van der Waals surface area contributed by atoms with Crippen LogP contribution in [0.1, 0.15) is 45.8 Å². The highest BCUT2D eigenvalue weighted by Crippen LogP contribution is 2.24. The van der Waals surface area contributed by atoms with Gasteiger partial charge in [0.15, 0.2) is 0 Å². The summed E-state index contributed by atoms with van der Waals surface area (Å²) in [6.45, 7) is 7.80. The fourth-order valence-electron chi connectivity index (χ4n) is 3.48. The summed E-state index contributed by atoms with van der Waals surface area (Å²) in [6.07, 6.45) is 0. The van der Waals surface area contributed by atoms with E-state index in [1.54, 1.807) is 12.1 Å². The molecule has 3 rings (SSSR count). The van der Waals surface area contributed by atoms with Crippen molar-refractivity contribution in [3.63, 3.8) is 0 Å². The highest BCUT2D eigenvalue weighted by Gasteiger charge is 2.19. The van der Waals surface area contributed by atoms with E-state index in [2.05, 4.69) is 9.88 Å². The van der Waals surface area contributed by atoms with Crippen molar-refractivity contribution >= 4 is 15.9 Å². The topological polar surface area (TPSA) is 94.2 Å². The third-order valence-corrected chi connectivity index (χ3v) is 6.02. The fourth-order valence-corrected chi connectivity index (χ4v) is 4.00. The van der Waals surface area contributed by atoms with Crippen molar-refractivity contribution in [1.29, 1.82) is 0 Å². The first-order chi connectivity index (χ1) is 13.6. The molecule has 1 aromatic heterocycles. The third-order valence-electron chi connectivity index (χ3n) is 5.09. The van der Waals surface area contributed by atoms with Crippen LogP contribution >= 0.6 is 0 Å². The van der Waals surface area contributed by atoms with Crippen molar-refractivity contribution < 1.29 is 13.2 Å². The van der Waals surface area contributed by atoms with Gasteiger partial charge in [-0.15, -0.1) is 0 Å². The van der Waals surface area contributed by atoms with E-state index in [9.17, 15) is 13.2 Å². The Balaban J connectivity index is 1.85. The number of carbonyl (C=O) groups excluding carboxylic acids is 1. The summed E-state index contributed by atoms with van der Waals surface area (Å²) in [4.78, 5) is 13.0. The molecule has 1 atom stereocenters. The van der Waals surface area contributed by atoms with Gasteiger partial charge in [-0.25, -0.2) is 13.6 Å². The monoisotopic (exact) mass is 411 g/mol. The molecule has 152 valence electrons. The van der Waals surface area contributed by atoms with Crippen LogP contribution < -0.4 is 10.5 Å². The first-order valence-electron chi connectivity index (χ1n) is 9.28. The molecular formula is C22H25N3O3S. The predicted molar refractivity (Wildman–Crippen MR) is 114 cm³/mol. The zero-order chi connectivity index (χ0) is 21.3. The van der Waals surface area contributed by atoms with Crippen LogP contribution in [-0.4, -0.2) is 18.9 Å². The van der Waals surface area contributed by atoms with E-state index < -0.39 is 10.0 Å². The van der Waals surface area contributed by atoms with Crippen LogP contribution in [0.3, 0.4) is 0 Å². The second-order valence-electron chi connectivity index (χ2n) is 7.22. The molecule has 0 radical (unpaired) electrons. The number of nitrogens with zero attached hydrogens (tertiary/aromatic N) is 1. The van der Waals surface area contributed by atoms with Gasteiger partial charge >= 0.3 is 0 Å². The molecule has 1 unspecified atom stereocenters. The minimum atomic E-state index is -3.74. The number of nitrogens with two attached hydrogens (primary N) is 1. The van der Waals surface area contributed by atoms with Crippen molar-refractivity contribution in [3.05, 3.63) is 82.7 Å². The number of nitrogens with one attached hydrogen (secondary N) is 1. The van der Waals surface area contributed by atoms with Gasteiger partial charge in [0.05, 0.1) is 16.5 Å². The molecule has 3 aromatic rings. The standard InChI is InChI=1S/C22H25N3O3S/c1-14-7-5-6-8-21(14)25-15(2)13-20(17(25)4)22(26)24-16(3)18-9-11-19(12-10-18)29(23,27)28/h5-13,16H,1-4H3,(H,24,26)(H2,23,27,28). The minimum absolute atomic E-state index is 0.0431. The lowest BCUT2D eigenvalue weighted by Crippen LogP contribution is -2.27. The zero-order valence-corrected chi connectivity index (χ0v) is 17.7. The van der Waals surface area contributed by atoms with Gasteiger partial charge in [0.25, 0.3) is 5.91 Å². The smallest absolute Gasteiger partial charge is 0.253 e. The van der Waals surface area contributed by atoms with Gasteiger partial charge in [0.1, 0.15) is 0 Å². The van der Waals surface area contributed by atoms with Gasteiger partial charge in [0, 0.05) is 17.1 Å². The zero-order valence-electron chi connectivity index (χ0n) is 16.9. The van der Waals surface area contributed by atoms with E-state index in [-0.39, 0.29) is 16.8 Å². The van der Waals surface area contributed by atoms with Crippen LogP contribution in [0, 0.1) is 20.8 Å². The summed E-state index contributed by atoms with van der Waals surface area (Å²) in [5.74, 6) is -0.180. The van der Waals surface area contributed by atoms with Crippen LogP contribution in [0.15, 0.2) is 59.5 Å². The van der Waals surface area contributed by atoms with E-state index in [0.717, 1.165) is 28.2 Å². The molecule has 0 saturated heterocycles. The Morgan fingerprint density at radius 3 is 2.24 bits per heavy atom. The SMILES string of the molecule is Cc1ccccc1-n1c(C)cc(C(=O)NC(C)c2ccc(S(N)(=O)=O)cc2)c1C. The number of sulfonamides is 1. The quantitative estimate of drug-likeness (QED) is 0.672. The molecule has 3 N–H and O–H groups in total. The predicted octanol–water partition coefficient (Wildman–Crippen LogP) is 3.54. The maximum Gasteiger partial charge on any atom is 0.253 e. The normalized spacial score (nSPS) is 12.6. The van der Waals surface area contributed by atoms with Gasteiger partial charge in [-0.2, -0.15) is 0 Å². The molecule has 0 saturated carbocycles. The molecule has 1 amide bonds. The molecule has 6 nitrogen and oxygen atoms in total. The molecule has 29 heavy (non-hydrogen) atoms. The van der Waals surface area contributed by atoms with Gasteiger partial charge in [-0.3, -0.25) is 4.79 Å². The molecule has 1 heterocycles. The molecule has 0 aliphatic carbocycles. The Hall–Kier alpha value is -2.90. The van der Waals surface area contributed by atoms with Crippen LogP contribution in [0.4, 0.5) is 0 Å². The highest BCUT2D eigenvalue weighted by atomic mass is 32.2. The van der Waals surface area contributed by atoms with E-state index in [1.807, 2.05) is 58.0 Å². The Morgan fingerprint density at radius 1 is 1.03 bits per heavy atom. The Morgan fingerprint density at radius 2 is 1.66 bits per heavy atom. The number of benzene rings is 2. The second-order valence-corrected chi connectivity index (χ2v) is 8.78. The molecule has 7 heteroatoms. The van der Waals surface area contributed by atoms with Crippen molar-refractivity contribution in [3.8, 4) is 5.69 Å². The number of hydrogen-bond donors (Lipinski definition) is 2. The van der Waals surface area contributed by atoms with E-state index in [4.69, 9.17) is 5.14 Å². The number of primary sulfonamides is 1. The second kappa shape index (κ2) is 7.85. The number of rotatable bonds is 5. The van der Waals surface area contributed by atoms with Crippen molar-refractivity contribution in [1.82, 2.24) is 9.88 Å². The van der Waals surface area contributed by atoms with Crippen LogP contribution in [0.25, 0.3) is 5.69 Å². The lowest BCUT2D eigenvalue weighted by molar-refractivity contribution is 0.0939. The largest absolute Gasteiger partial charge is 0.345 e. The summed E-state index contributed by atoms with van der Waals surface area (Å²) in [5, 5.41) is 8.12. The molecular weight excluding hydrogens is 386 g/mol. The molecule has 2 aromatic carbocycles. The van der Waals surface area contributed by atoms with Gasteiger partial charge in [-0.05, 0) is 63.1 Å². The van der Waals surface area contributed by atoms with E-state index in [0.29, 0.717) is 5.56 Å².